The third-order valence-corrected chi connectivity index (χ3v) is 3.37. The Morgan fingerprint density at radius 3 is 2.76 bits per heavy atom. The van der Waals surface area contributed by atoms with Gasteiger partial charge in [-0.05, 0) is 38.1 Å². The Bertz CT molecular complexity index is 364. The van der Waals surface area contributed by atoms with E-state index in [0.717, 1.165) is 13.1 Å². The van der Waals surface area contributed by atoms with E-state index in [4.69, 9.17) is 11.6 Å². The number of hydrogen-bond donors (Lipinski definition) is 1. The largest absolute Gasteiger partial charge is 0.311 e. The summed E-state index contributed by atoms with van der Waals surface area (Å²) < 4.78 is 13.4. The highest BCUT2D eigenvalue weighted by Crippen LogP contribution is 2.14. The molecule has 1 heterocycles. The highest BCUT2D eigenvalue weighted by molar-refractivity contribution is 6.30. The van der Waals surface area contributed by atoms with Gasteiger partial charge >= 0.3 is 0 Å². The molecule has 1 N–H and O–H groups in total. The lowest BCUT2D eigenvalue weighted by molar-refractivity contribution is 0.335. The highest BCUT2D eigenvalue weighted by Gasteiger charge is 2.10. The van der Waals surface area contributed by atoms with Gasteiger partial charge in [-0.15, -0.1) is 0 Å². The summed E-state index contributed by atoms with van der Waals surface area (Å²) >= 11 is 5.70. The summed E-state index contributed by atoms with van der Waals surface area (Å²) in [5.74, 6) is -0.230. The fraction of sp³-hybridized carbons (Fsp3) is 0.538. The Labute approximate surface area is 107 Å². The van der Waals surface area contributed by atoms with Crippen LogP contribution in [0.4, 0.5) is 4.39 Å². The first-order chi connectivity index (χ1) is 8.25. The summed E-state index contributed by atoms with van der Waals surface area (Å²) in [5.41, 5.74) is 0.677. The molecule has 1 aromatic rings. The van der Waals surface area contributed by atoms with Crippen LogP contribution in [0.2, 0.25) is 5.02 Å². The number of nitrogens with one attached hydrogen (secondary N) is 1. The van der Waals surface area contributed by atoms with Crippen molar-refractivity contribution in [1.82, 2.24) is 10.2 Å². The van der Waals surface area contributed by atoms with Crippen LogP contribution in [-0.4, -0.2) is 31.1 Å². The summed E-state index contributed by atoms with van der Waals surface area (Å²) in [5, 5.41) is 3.71. The van der Waals surface area contributed by atoms with Crippen molar-refractivity contribution < 1.29 is 4.39 Å². The lowest BCUT2D eigenvalue weighted by atomic mass is 10.2. The average molecular weight is 257 g/mol. The fourth-order valence-electron chi connectivity index (χ4n) is 2.13. The smallest absolute Gasteiger partial charge is 0.129 e. The molecule has 2 nitrogen and oxygen atoms in total. The molecule has 1 aromatic carbocycles. The summed E-state index contributed by atoms with van der Waals surface area (Å²) in [6, 6.07) is 4.82. The summed E-state index contributed by atoms with van der Waals surface area (Å²) in [4.78, 5) is 2.44. The summed E-state index contributed by atoms with van der Waals surface area (Å²) in [6.45, 7) is 4.93. The molecule has 0 bridgehead atoms. The first kappa shape index (κ1) is 12.8. The fourth-order valence-corrected chi connectivity index (χ4v) is 2.29. The van der Waals surface area contributed by atoms with Crippen molar-refractivity contribution in [2.75, 3.05) is 26.2 Å². The van der Waals surface area contributed by atoms with Gasteiger partial charge in [-0.2, -0.15) is 0 Å². The Kier molecular flexibility index (Phi) is 4.77. The number of nitrogens with zero attached hydrogens (tertiary/aromatic N) is 1. The maximum absolute atomic E-state index is 13.4. The Hall–Kier alpha value is -0.640. The lowest BCUT2D eigenvalue weighted by Crippen LogP contribution is -2.29. The molecule has 2 rings (SSSR count). The van der Waals surface area contributed by atoms with E-state index in [-0.39, 0.29) is 5.82 Å². The zero-order valence-electron chi connectivity index (χ0n) is 9.88. The van der Waals surface area contributed by atoms with Gasteiger partial charge in [-0.3, -0.25) is 0 Å². The van der Waals surface area contributed by atoms with Gasteiger partial charge < -0.3 is 10.2 Å². The van der Waals surface area contributed by atoms with Crippen molar-refractivity contribution in [3.63, 3.8) is 0 Å². The van der Waals surface area contributed by atoms with Crippen molar-refractivity contribution in [3.8, 4) is 0 Å². The molecule has 1 saturated heterocycles. The SMILES string of the molecule is Fc1cc(Cl)ccc1CNCCN1CCCC1. The molecule has 0 unspecified atom stereocenters. The quantitative estimate of drug-likeness (QED) is 0.815. The monoisotopic (exact) mass is 256 g/mol. The molecule has 0 saturated carbocycles. The van der Waals surface area contributed by atoms with Crippen molar-refractivity contribution in [1.29, 1.82) is 0 Å². The molecule has 94 valence electrons. The van der Waals surface area contributed by atoms with E-state index in [0.29, 0.717) is 17.1 Å². The Balaban J connectivity index is 1.70. The van der Waals surface area contributed by atoms with Crippen LogP contribution in [0.1, 0.15) is 18.4 Å². The van der Waals surface area contributed by atoms with Crippen LogP contribution in [0, 0.1) is 5.82 Å². The molecule has 0 radical (unpaired) electrons. The molecule has 1 fully saturated rings. The predicted octanol–water partition coefficient (Wildman–Crippen LogP) is 2.66. The predicted molar refractivity (Wildman–Crippen MR) is 68.8 cm³/mol. The van der Waals surface area contributed by atoms with Gasteiger partial charge in [-0.25, -0.2) is 4.39 Å². The normalized spacial score (nSPS) is 16.6. The molecule has 1 aliphatic heterocycles. The van der Waals surface area contributed by atoms with Crippen LogP contribution in [-0.2, 0) is 6.54 Å². The molecule has 4 heteroatoms. The molecule has 0 amide bonds. The maximum atomic E-state index is 13.4. The average Bonchev–Trinajstić information content (AvgIpc) is 2.79. The van der Waals surface area contributed by atoms with Gasteiger partial charge in [0.05, 0.1) is 0 Å². The second kappa shape index (κ2) is 6.34. The zero-order valence-corrected chi connectivity index (χ0v) is 10.6. The third-order valence-electron chi connectivity index (χ3n) is 3.13. The Morgan fingerprint density at radius 2 is 2.06 bits per heavy atom. The molecule has 0 atom stereocenters. The number of benzene rings is 1. The van der Waals surface area contributed by atoms with Gasteiger partial charge in [-0.1, -0.05) is 17.7 Å². The molecule has 1 aliphatic rings. The second-order valence-corrected chi connectivity index (χ2v) is 4.90. The first-order valence-electron chi connectivity index (χ1n) is 6.13. The molecule has 0 spiro atoms. The van der Waals surface area contributed by atoms with Crippen molar-refractivity contribution >= 4 is 11.6 Å². The molecule has 0 aliphatic carbocycles. The second-order valence-electron chi connectivity index (χ2n) is 4.46. The van der Waals surface area contributed by atoms with Gasteiger partial charge in [0.2, 0.25) is 0 Å². The van der Waals surface area contributed by atoms with Gasteiger partial charge in [0.1, 0.15) is 5.82 Å². The van der Waals surface area contributed by atoms with E-state index in [1.165, 1.54) is 32.0 Å². The zero-order chi connectivity index (χ0) is 12.1. The number of halogens is 2. The summed E-state index contributed by atoms with van der Waals surface area (Å²) in [6.07, 6.45) is 2.62. The van der Waals surface area contributed by atoms with Crippen molar-refractivity contribution in [3.05, 3.63) is 34.6 Å². The molecular weight excluding hydrogens is 239 g/mol. The number of likely N-dealkylation sites (tertiary alicyclic amines) is 1. The van der Waals surface area contributed by atoms with E-state index in [9.17, 15) is 4.39 Å². The maximum Gasteiger partial charge on any atom is 0.129 e. The Morgan fingerprint density at radius 1 is 1.29 bits per heavy atom. The minimum atomic E-state index is -0.230. The van der Waals surface area contributed by atoms with Crippen LogP contribution in [0.5, 0.6) is 0 Å². The first-order valence-corrected chi connectivity index (χ1v) is 6.50. The lowest BCUT2D eigenvalue weighted by Gasteiger charge is -2.14. The van der Waals surface area contributed by atoms with E-state index in [2.05, 4.69) is 10.2 Å². The van der Waals surface area contributed by atoms with Gasteiger partial charge in [0.15, 0.2) is 0 Å². The number of hydrogen-bond acceptors (Lipinski definition) is 2. The van der Waals surface area contributed by atoms with E-state index in [1.54, 1.807) is 12.1 Å². The minimum absolute atomic E-state index is 0.230. The van der Waals surface area contributed by atoms with Crippen molar-refractivity contribution in [2.24, 2.45) is 0 Å². The third kappa shape index (κ3) is 3.95. The van der Waals surface area contributed by atoms with Crippen LogP contribution >= 0.6 is 11.6 Å². The van der Waals surface area contributed by atoms with E-state index < -0.39 is 0 Å². The standard InChI is InChI=1S/C13H18ClFN2/c14-12-4-3-11(13(15)9-12)10-16-5-8-17-6-1-2-7-17/h3-4,9,16H,1-2,5-8,10H2. The highest BCUT2D eigenvalue weighted by atomic mass is 35.5. The van der Waals surface area contributed by atoms with Crippen LogP contribution in [0.15, 0.2) is 18.2 Å². The van der Waals surface area contributed by atoms with Crippen LogP contribution < -0.4 is 5.32 Å². The van der Waals surface area contributed by atoms with Crippen LogP contribution in [0.25, 0.3) is 0 Å². The van der Waals surface area contributed by atoms with Gasteiger partial charge in [0, 0.05) is 30.2 Å². The molecule has 0 aromatic heterocycles. The van der Waals surface area contributed by atoms with E-state index >= 15 is 0 Å². The summed E-state index contributed by atoms with van der Waals surface area (Å²) in [7, 11) is 0. The minimum Gasteiger partial charge on any atom is -0.311 e. The van der Waals surface area contributed by atoms with Crippen molar-refractivity contribution in [2.45, 2.75) is 19.4 Å². The number of rotatable bonds is 5. The van der Waals surface area contributed by atoms with E-state index in [1.807, 2.05) is 0 Å². The molecular formula is C13H18ClFN2. The topological polar surface area (TPSA) is 15.3 Å². The van der Waals surface area contributed by atoms with Crippen LogP contribution in [0.3, 0.4) is 0 Å². The molecule has 17 heavy (non-hydrogen) atoms. The van der Waals surface area contributed by atoms with Gasteiger partial charge in [0.25, 0.3) is 0 Å².